The van der Waals surface area contributed by atoms with E-state index in [0.29, 0.717) is 15.9 Å². The van der Waals surface area contributed by atoms with Crippen LogP contribution in [0.4, 0.5) is 5.69 Å². The molecule has 0 spiro atoms. The molecule has 0 saturated heterocycles. The summed E-state index contributed by atoms with van der Waals surface area (Å²) in [5, 5.41) is 12.5. The number of para-hydroxylation sites is 1. The molecule has 5 nitrogen and oxygen atoms in total. The summed E-state index contributed by atoms with van der Waals surface area (Å²) in [4.78, 5) is 12.3. The van der Waals surface area contributed by atoms with E-state index in [0.717, 1.165) is 22.4 Å². The molecule has 0 radical (unpaired) electrons. The molecule has 0 bridgehead atoms. The van der Waals surface area contributed by atoms with E-state index in [1.54, 1.807) is 18.2 Å². The topological polar surface area (TPSA) is 59.8 Å². The van der Waals surface area contributed by atoms with Gasteiger partial charge in [0.1, 0.15) is 5.82 Å². The lowest BCUT2D eigenvalue weighted by atomic mass is 10.3. The van der Waals surface area contributed by atoms with Gasteiger partial charge in [0.05, 0.1) is 10.8 Å². The van der Waals surface area contributed by atoms with E-state index in [-0.39, 0.29) is 11.7 Å². The molecule has 0 fully saturated rings. The third-order valence-corrected chi connectivity index (χ3v) is 5.73. The number of thioether (sulfide) groups is 1. The number of anilines is 1. The third kappa shape index (κ3) is 4.47. The highest BCUT2D eigenvalue weighted by atomic mass is 79.9. The summed E-state index contributed by atoms with van der Waals surface area (Å²) in [6.07, 6.45) is 0.756. The number of rotatable bonds is 6. The lowest BCUT2D eigenvalue weighted by Crippen LogP contribution is -2.14. The molecule has 0 aliphatic carbocycles. The normalized spacial score (nSPS) is 10.7. The van der Waals surface area contributed by atoms with Crippen molar-refractivity contribution in [2.75, 3.05) is 11.1 Å². The first-order chi connectivity index (χ1) is 12.6. The van der Waals surface area contributed by atoms with Crippen LogP contribution in [0.1, 0.15) is 12.7 Å². The van der Waals surface area contributed by atoms with Gasteiger partial charge in [-0.3, -0.25) is 9.36 Å². The molecule has 0 unspecified atom stereocenters. The first-order valence-corrected chi connectivity index (χ1v) is 10.1. The molecule has 26 heavy (non-hydrogen) atoms. The highest BCUT2D eigenvalue weighted by molar-refractivity contribution is 9.10. The number of hydrogen-bond acceptors (Lipinski definition) is 4. The van der Waals surface area contributed by atoms with Gasteiger partial charge in [0, 0.05) is 22.3 Å². The predicted octanol–water partition coefficient (Wildman–Crippen LogP) is 4.98. The van der Waals surface area contributed by atoms with E-state index < -0.39 is 0 Å². The zero-order valence-electron chi connectivity index (χ0n) is 13.9. The summed E-state index contributed by atoms with van der Waals surface area (Å²) in [7, 11) is 0. The van der Waals surface area contributed by atoms with E-state index >= 15 is 0 Å². The van der Waals surface area contributed by atoms with Crippen LogP contribution in [0, 0.1) is 0 Å². The average Bonchev–Trinajstić information content (AvgIpc) is 3.07. The Balaban J connectivity index is 1.70. The fourth-order valence-corrected chi connectivity index (χ4v) is 3.56. The molecule has 1 amide bonds. The number of halogens is 2. The van der Waals surface area contributed by atoms with Crippen LogP contribution in [0.25, 0.3) is 5.69 Å². The SMILES string of the molecule is CCc1nnc(SCC(=O)Nc2ccc(Br)c(Cl)c2)n1-c1ccccc1. The Hall–Kier alpha value is -1.83. The molecule has 2 aromatic carbocycles. The zero-order chi connectivity index (χ0) is 18.5. The summed E-state index contributed by atoms with van der Waals surface area (Å²) in [6, 6.07) is 15.2. The maximum Gasteiger partial charge on any atom is 0.234 e. The Morgan fingerprint density at radius 2 is 2.00 bits per heavy atom. The van der Waals surface area contributed by atoms with Crippen molar-refractivity contribution < 1.29 is 4.79 Å². The molecule has 8 heteroatoms. The molecular formula is C18H16BrClN4OS. The predicted molar refractivity (Wildman–Crippen MR) is 109 cm³/mol. The summed E-state index contributed by atoms with van der Waals surface area (Å²) < 4.78 is 2.77. The zero-order valence-corrected chi connectivity index (χ0v) is 17.1. The van der Waals surface area contributed by atoms with E-state index in [1.165, 1.54) is 11.8 Å². The largest absolute Gasteiger partial charge is 0.325 e. The fourth-order valence-electron chi connectivity index (χ4n) is 2.36. The van der Waals surface area contributed by atoms with Gasteiger partial charge < -0.3 is 5.32 Å². The van der Waals surface area contributed by atoms with Crippen molar-refractivity contribution in [1.29, 1.82) is 0 Å². The van der Waals surface area contributed by atoms with Crippen molar-refractivity contribution in [3.63, 3.8) is 0 Å². The highest BCUT2D eigenvalue weighted by Gasteiger charge is 2.15. The molecule has 0 aliphatic heterocycles. The van der Waals surface area contributed by atoms with Gasteiger partial charge in [-0.25, -0.2) is 0 Å². The van der Waals surface area contributed by atoms with Gasteiger partial charge in [-0.15, -0.1) is 10.2 Å². The van der Waals surface area contributed by atoms with E-state index in [4.69, 9.17) is 11.6 Å². The molecule has 1 heterocycles. The van der Waals surface area contributed by atoms with Crippen LogP contribution >= 0.6 is 39.3 Å². The molecule has 1 N–H and O–H groups in total. The van der Waals surface area contributed by atoms with Gasteiger partial charge in [0.15, 0.2) is 5.16 Å². The molecule has 134 valence electrons. The Morgan fingerprint density at radius 3 is 2.69 bits per heavy atom. The summed E-state index contributed by atoms with van der Waals surface area (Å²) in [5.74, 6) is 0.954. The van der Waals surface area contributed by atoms with Crippen molar-refractivity contribution in [3.05, 3.63) is 63.9 Å². The Labute approximate surface area is 169 Å². The van der Waals surface area contributed by atoms with E-state index in [1.807, 2.05) is 41.8 Å². The molecular weight excluding hydrogens is 436 g/mol. The standard InChI is InChI=1S/C18H16BrClN4OS/c1-2-16-22-23-18(24(16)13-6-4-3-5-7-13)26-11-17(25)21-12-8-9-14(19)15(20)10-12/h3-10H,2,11H2,1H3,(H,21,25). The number of aryl methyl sites for hydroxylation is 1. The number of nitrogens with zero attached hydrogens (tertiary/aromatic N) is 3. The minimum absolute atomic E-state index is 0.131. The van der Waals surface area contributed by atoms with E-state index in [9.17, 15) is 4.79 Å². The van der Waals surface area contributed by atoms with Gasteiger partial charge in [-0.1, -0.05) is 48.5 Å². The summed E-state index contributed by atoms with van der Waals surface area (Å²) in [5.41, 5.74) is 1.64. The number of hydrogen-bond donors (Lipinski definition) is 1. The maximum absolute atomic E-state index is 12.3. The average molecular weight is 452 g/mol. The Kier molecular flexibility index (Phi) is 6.34. The molecule has 3 rings (SSSR count). The number of carbonyl (C=O) groups excluding carboxylic acids is 1. The Bertz CT molecular complexity index is 917. The number of aromatic nitrogens is 3. The van der Waals surface area contributed by atoms with Crippen LogP contribution in [0.2, 0.25) is 5.02 Å². The molecule has 0 saturated carbocycles. The highest BCUT2D eigenvalue weighted by Crippen LogP contribution is 2.26. The van der Waals surface area contributed by atoms with Gasteiger partial charge in [0.2, 0.25) is 5.91 Å². The second-order valence-corrected chi connectivity index (χ2v) is 7.59. The van der Waals surface area contributed by atoms with E-state index in [2.05, 4.69) is 31.4 Å². The minimum atomic E-state index is -0.131. The van der Waals surface area contributed by atoms with Crippen molar-refractivity contribution in [2.24, 2.45) is 0 Å². The maximum atomic E-state index is 12.3. The second kappa shape index (κ2) is 8.70. The number of amides is 1. The van der Waals surface area contributed by atoms with Crippen LogP contribution in [0.5, 0.6) is 0 Å². The monoisotopic (exact) mass is 450 g/mol. The number of nitrogens with one attached hydrogen (secondary N) is 1. The van der Waals surface area contributed by atoms with Crippen molar-refractivity contribution in [2.45, 2.75) is 18.5 Å². The molecule has 0 aliphatic rings. The summed E-state index contributed by atoms with van der Waals surface area (Å²) in [6.45, 7) is 2.03. The van der Waals surface area contributed by atoms with Crippen molar-refractivity contribution in [1.82, 2.24) is 14.8 Å². The van der Waals surface area contributed by atoms with Gasteiger partial charge in [-0.2, -0.15) is 0 Å². The second-order valence-electron chi connectivity index (χ2n) is 5.39. The summed E-state index contributed by atoms with van der Waals surface area (Å²) >= 11 is 10.7. The van der Waals surface area contributed by atoms with Crippen LogP contribution in [-0.4, -0.2) is 26.4 Å². The Morgan fingerprint density at radius 1 is 1.23 bits per heavy atom. The van der Waals surface area contributed by atoms with Crippen molar-refractivity contribution in [3.8, 4) is 5.69 Å². The van der Waals surface area contributed by atoms with Crippen LogP contribution in [0.3, 0.4) is 0 Å². The first kappa shape index (κ1) is 18.9. The fraction of sp³-hybridized carbons (Fsp3) is 0.167. The van der Waals surface area contributed by atoms with Gasteiger partial charge in [-0.05, 0) is 46.3 Å². The molecule has 1 aromatic heterocycles. The smallest absolute Gasteiger partial charge is 0.234 e. The lowest BCUT2D eigenvalue weighted by molar-refractivity contribution is -0.113. The quantitative estimate of drug-likeness (QED) is 0.537. The lowest BCUT2D eigenvalue weighted by Gasteiger charge is -2.09. The minimum Gasteiger partial charge on any atom is -0.325 e. The van der Waals surface area contributed by atoms with Gasteiger partial charge >= 0.3 is 0 Å². The van der Waals surface area contributed by atoms with Crippen LogP contribution in [0.15, 0.2) is 58.2 Å². The molecule has 3 aromatic rings. The van der Waals surface area contributed by atoms with Crippen molar-refractivity contribution >= 4 is 50.9 Å². The molecule has 0 atom stereocenters. The number of carbonyl (C=O) groups is 1. The number of benzene rings is 2. The third-order valence-electron chi connectivity index (χ3n) is 3.57. The van der Waals surface area contributed by atoms with Gasteiger partial charge in [0.25, 0.3) is 0 Å². The van der Waals surface area contributed by atoms with Crippen LogP contribution in [-0.2, 0) is 11.2 Å². The first-order valence-electron chi connectivity index (χ1n) is 7.96. The van der Waals surface area contributed by atoms with Crippen LogP contribution < -0.4 is 5.32 Å².